The largest absolute Gasteiger partial charge is 0.248 e. The van der Waals surface area contributed by atoms with Crippen molar-refractivity contribution in [2.45, 2.75) is 196 Å². The molecular weight excluding hydrogens is 757 g/mol. The minimum atomic E-state index is 0.670. The SMILES string of the molecule is CCCCCCCCc1ccsc1-c1sc(-c2sc(Br)cc2CCCCCCCC)c2nc(CC(CC)CCCC)c(CC(CC)CCCC)nc12. The van der Waals surface area contributed by atoms with E-state index in [0.717, 1.165) is 25.7 Å². The number of aryl methyl sites for hydroxylation is 2. The van der Waals surface area contributed by atoms with Crippen molar-refractivity contribution >= 4 is 61.0 Å². The van der Waals surface area contributed by atoms with Crippen LogP contribution in [0.3, 0.4) is 0 Å². The van der Waals surface area contributed by atoms with Gasteiger partial charge in [0, 0.05) is 4.88 Å². The molecule has 0 amide bonds. The molecule has 4 rings (SSSR count). The van der Waals surface area contributed by atoms with Crippen LogP contribution in [0.4, 0.5) is 0 Å². The monoisotopic (exact) mass is 826 g/mol. The number of nitrogens with zero attached hydrogens (tertiary/aromatic N) is 2. The Labute approximate surface area is 339 Å². The highest BCUT2D eigenvalue weighted by atomic mass is 79.9. The average Bonchev–Trinajstić information content (AvgIpc) is 3.87. The molecule has 0 saturated carbocycles. The lowest BCUT2D eigenvalue weighted by atomic mass is 9.89. The van der Waals surface area contributed by atoms with Crippen molar-refractivity contribution in [1.29, 1.82) is 0 Å². The van der Waals surface area contributed by atoms with Crippen molar-refractivity contribution in [2.24, 2.45) is 11.8 Å². The Hall–Kier alpha value is -1.08. The number of fused-ring (bicyclic) bond motifs is 1. The molecule has 2 atom stereocenters. The first-order chi connectivity index (χ1) is 25.5. The van der Waals surface area contributed by atoms with E-state index in [4.69, 9.17) is 9.97 Å². The van der Waals surface area contributed by atoms with Crippen LogP contribution >= 0.6 is 49.9 Å². The Balaban J connectivity index is 1.82. The predicted molar refractivity (Wildman–Crippen MR) is 240 cm³/mol. The van der Waals surface area contributed by atoms with E-state index in [-0.39, 0.29) is 0 Å². The molecule has 4 heterocycles. The summed E-state index contributed by atoms with van der Waals surface area (Å²) in [5.74, 6) is 1.34. The van der Waals surface area contributed by atoms with Gasteiger partial charge in [0.2, 0.25) is 0 Å². The minimum absolute atomic E-state index is 0.670. The van der Waals surface area contributed by atoms with Gasteiger partial charge in [0.15, 0.2) is 0 Å². The van der Waals surface area contributed by atoms with Crippen LogP contribution in [-0.4, -0.2) is 9.97 Å². The third kappa shape index (κ3) is 13.0. The second kappa shape index (κ2) is 24.4. The first kappa shape index (κ1) is 43.6. The van der Waals surface area contributed by atoms with Gasteiger partial charge in [0.05, 0.1) is 29.8 Å². The number of halogens is 1. The van der Waals surface area contributed by atoms with Gasteiger partial charge >= 0.3 is 0 Å². The summed E-state index contributed by atoms with van der Waals surface area (Å²) in [5.41, 5.74) is 7.94. The Morgan fingerprint density at radius 3 is 1.54 bits per heavy atom. The summed E-state index contributed by atoms with van der Waals surface area (Å²) in [4.78, 5) is 17.2. The van der Waals surface area contributed by atoms with E-state index >= 15 is 0 Å². The van der Waals surface area contributed by atoms with Gasteiger partial charge in [-0.1, -0.05) is 157 Å². The fourth-order valence-corrected chi connectivity index (χ4v) is 12.0. The lowest BCUT2D eigenvalue weighted by molar-refractivity contribution is 0.427. The van der Waals surface area contributed by atoms with Gasteiger partial charge in [-0.25, -0.2) is 9.97 Å². The van der Waals surface area contributed by atoms with Crippen LogP contribution in [0.15, 0.2) is 21.3 Å². The van der Waals surface area contributed by atoms with Crippen LogP contribution in [0.25, 0.3) is 30.5 Å². The molecule has 4 aromatic heterocycles. The smallest absolute Gasteiger partial charge is 0.109 e. The van der Waals surface area contributed by atoms with Crippen LogP contribution in [0, 0.1) is 11.8 Å². The maximum absolute atomic E-state index is 5.80. The van der Waals surface area contributed by atoms with Gasteiger partial charge < -0.3 is 0 Å². The van der Waals surface area contributed by atoms with Crippen LogP contribution in [0.2, 0.25) is 0 Å². The van der Waals surface area contributed by atoms with Crippen LogP contribution in [0.1, 0.15) is 192 Å². The second-order valence-electron chi connectivity index (χ2n) is 15.5. The molecule has 0 saturated heterocycles. The molecule has 0 N–H and O–H groups in total. The number of rotatable bonds is 28. The lowest BCUT2D eigenvalue weighted by Gasteiger charge is -2.19. The molecule has 0 aliphatic heterocycles. The first-order valence-electron chi connectivity index (χ1n) is 21.6. The highest BCUT2D eigenvalue weighted by Crippen LogP contribution is 2.49. The Morgan fingerprint density at radius 2 is 1.02 bits per heavy atom. The van der Waals surface area contributed by atoms with Crippen molar-refractivity contribution in [2.75, 3.05) is 0 Å². The minimum Gasteiger partial charge on any atom is -0.248 e. The highest BCUT2D eigenvalue weighted by Gasteiger charge is 2.26. The quantitative estimate of drug-likeness (QED) is 0.0533. The molecule has 290 valence electrons. The van der Waals surface area contributed by atoms with Gasteiger partial charge in [-0.3, -0.25) is 0 Å². The zero-order chi connectivity index (χ0) is 37.1. The van der Waals surface area contributed by atoms with E-state index in [1.807, 2.05) is 34.0 Å². The number of unbranched alkanes of at least 4 members (excludes halogenated alkanes) is 12. The predicted octanol–water partition coefficient (Wildman–Crippen LogP) is 17.2. The Kier molecular flexibility index (Phi) is 20.5. The average molecular weight is 828 g/mol. The summed E-state index contributed by atoms with van der Waals surface area (Å²) in [6.45, 7) is 14.0. The number of hydrogen-bond donors (Lipinski definition) is 0. The summed E-state index contributed by atoms with van der Waals surface area (Å²) in [7, 11) is 0. The highest BCUT2D eigenvalue weighted by molar-refractivity contribution is 9.11. The molecule has 6 heteroatoms. The van der Waals surface area contributed by atoms with Crippen molar-refractivity contribution in [1.82, 2.24) is 9.97 Å². The van der Waals surface area contributed by atoms with Gasteiger partial charge in [0.25, 0.3) is 0 Å². The summed E-state index contributed by atoms with van der Waals surface area (Å²) in [6.07, 6.45) is 30.5. The third-order valence-corrected chi connectivity index (χ3v) is 15.4. The van der Waals surface area contributed by atoms with Gasteiger partial charge in [-0.15, -0.1) is 34.0 Å². The summed E-state index contributed by atoms with van der Waals surface area (Å²) in [6, 6.07) is 4.82. The Bertz CT molecular complexity index is 1570. The zero-order valence-electron chi connectivity index (χ0n) is 33.9. The molecule has 0 aliphatic rings. The van der Waals surface area contributed by atoms with Gasteiger partial charge in [-0.2, -0.15) is 0 Å². The fourth-order valence-electron chi connectivity index (χ4n) is 7.78. The number of hydrogen-bond acceptors (Lipinski definition) is 5. The molecule has 2 unspecified atom stereocenters. The van der Waals surface area contributed by atoms with E-state index in [9.17, 15) is 0 Å². The van der Waals surface area contributed by atoms with E-state index in [1.165, 1.54) is 185 Å². The van der Waals surface area contributed by atoms with Crippen molar-refractivity contribution < 1.29 is 0 Å². The fraction of sp³-hybridized carbons (Fsp3) is 0.696. The van der Waals surface area contributed by atoms with Crippen molar-refractivity contribution in [3.05, 3.63) is 43.8 Å². The van der Waals surface area contributed by atoms with Crippen LogP contribution in [-0.2, 0) is 25.7 Å². The maximum atomic E-state index is 5.80. The van der Waals surface area contributed by atoms with Gasteiger partial charge in [-0.05, 0) is 94.9 Å². The van der Waals surface area contributed by atoms with E-state index < -0.39 is 0 Å². The molecule has 0 spiro atoms. The molecule has 0 bridgehead atoms. The Morgan fingerprint density at radius 1 is 0.538 bits per heavy atom. The summed E-state index contributed by atoms with van der Waals surface area (Å²) in [5, 5.41) is 2.33. The first-order valence-corrected chi connectivity index (χ1v) is 25.0. The maximum Gasteiger partial charge on any atom is 0.109 e. The standard InChI is InChI=1S/C46H71BrN2S3/c1-7-13-17-19-21-23-27-36-29-30-50-43(36)45-41-42(46(52-45)44-37(33-40(47)51-44)28-24-22-20-18-14-8-2)49-39(32-35(12-6)26-16-10-4)38(48-41)31-34(11-5)25-15-9-3/h29-30,33-35H,7-28,31-32H2,1-6H3. The molecule has 0 fully saturated rings. The lowest BCUT2D eigenvalue weighted by Crippen LogP contribution is -2.13. The number of thiophene rings is 3. The van der Waals surface area contributed by atoms with E-state index in [2.05, 4.69) is 75.0 Å². The molecule has 52 heavy (non-hydrogen) atoms. The second-order valence-corrected chi connectivity index (χ2v) is 19.9. The zero-order valence-corrected chi connectivity index (χ0v) is 37.9. The molecular formula is C46H71BrN2S3. The van der Waals surface area contributed by atoms with E-state index in [1.54, 1.807) is 0 Å². The number of aromatic nitrogens is 2. The normalized spacial score (nSPS) is 13.1. The van der Waals surface area contributed by atoms with Crippen molar-refractivity contribution in [3.8, 4) is 19.5 Å². The van der Waals surface area contributed by atoms with E-state index in [0.29, 0.717) is 11.8 Å². The molecule has 0 aliphatic carbocycles. The molecule has 4 aromatic rings. The molecule has 2 nitrogen and oxygen atoms in total. The third-order valence-electron chi connectivity index (χ3n) is 11.3. The molecule has 0 radical (unpaired) electrons. The topological polar surface area (TPSA) is 25.8 Å². The summed E-state index contributed by atoms with van der Waals surface area (Å²) < 4.78 is 1.24. The van der Waals surface area contributed by atoms with Crippen LogP contribution < -0.4 is 0 Å². The molecule has 0 aromatic carbocycles. The summed E-state index contributed by atoms with van der Waals surface area (Å²) >= 11 is 9.78. The van der Waals surface area contributed by atoms with Crippen molar-refractivity contribution in [3.63, 3.8) is 0 Å². The van der Waals surface area contributed by atoms with Gasteiger partial charge in [0.1, 0.15) is 11.0 Å². The van der Waals surface area contributed by atoms with Crippen LogP contribution in [0.5, 0.6) is 0 Å².